The fourth-order valence-corrected chi connectivity index (χ4v) is 3.32. The van der Waals surface area contributed by atoms with Gasteiger partial charge in [0.25, 0.3) is 0 Å². The molecule has 3 aromatic carbocycles. The lowest BCUT2D eigenvalue weighted by Crippen LogP contribution is -1.99. The van der Waals surface area contributed by atoms with Crippen molar-refractivity contribution in [2.45, 2.75) is 6.92 Å². The predicted octanol–water partition coefficient (Wildman–Crippen LogP) is 5.83. The number of nitrogens with one attached hydrogen (secondary N) is 2. The van der Waals surface area contributed by atoms with E-state index in [0.29, 0.717) is 5.95 Å². The zero-order valence-electron chi connectivity index (χ0n) is 14.9. The van der Waals surface area contributed by atoms with E-state index in [1.165, 1.54) is 10.9 Å². The highest BCUT2D eigenvalue weighted by Crippen LogP contribution is 2.30. The number of benzene rings is 3. The zero-order chi connectivity index (χ0) is 18.2. The van der Waals surface area contributed by atoms with Crippen molar-refractivity contribution in [3.05, 3.63) is 84.6 Å². The highest BCUT2D eigenvalue weighted by molar-refractivity contribution is 5.95. The molecule has 0 aliphatic rings. The molecule has 0 saturated heterocycles. The molecule has 4 nitrogen and oxygen atoms in total. The van der Waals surface area contributed by atoms with Crippen LogP contribution in [0.2, 0.25) is 0 Å². The maximum atomic E-state index is 4.85. The van der Waals surface area contributed by atoms with E-state index in [9.17, 15) is 0 Å². The minimum atomic E-state index is 0.599. The largest absolute Gasteiger partial charge is 0.361 e. The molecule has 0 bridgehead atoms. The molecule has 0 atom stereocenters. The molecule has 27 heavy (non-hydrogen) atoms. The number of aromatic amines is 1. The molecule has 0 saturated carbocycles. The number of hydrogen-bond acceptors (Lipinski definition) is 3. The average Bonchev–Trinajstić information content (AvgIpc) is 3.17. The first kappa shape index (κ1) is 15.6. The van der Waals surface area contributed by atoms with Crippen LogP contribution in [0.1, 0.15) is 5.56 Å². The first-order valence-corrected chi connectivity index (χ1v) is 8.94. The van der Waals surface area contributed by atoms with Crippen LogP contribution in [0.3, 0.4) is 0 Å². The molecule has 2 heterocycles. The summed E-state index contributed by atoms with van der Waals surface area (Å²) in [7, 11) is 0. The molecule has 0 fully saturated rings. The molecule has 0 amide bonds. The van der Waals surface area contributed by atoms with E-state index in [1.54, 1.807) is 0 Å². The third-order valence-corrected chi connectivity index (χ3v) is 4.74. The Balaban J connectivity index is 1.66. The maximum Gasteiger partial charge on any atom is 0.228 e. The van der Waals surface area contributed by atoms with Gasteiger partial charge in [0.15, 0.2) is 0 Å². The Kier molecular flexibility index (Phi) is 3.61. The molecule has 130 valence electrons. The minimum Gasteiger partial charge on any atom is -0.361 e. The van der Waals surface area contributed by atoms with Crippen molar-refractivity contribution < 1.29 is 0 Å². The van der Waals surface area contributed by atoms with Gasteiger partial charge < -0.3 is 10.3 Å². The van der Waals surface area contributed by atoms with Crippen LogP contribution in [-0.2, 0) is 0 Å². The van der Waals surface area contributed by atoms with Crippen LogP contribution in [-0.4, -0.2) is 15.0 Å². The normalized spacial score (nSPS) is 11.1. The van der Waals surface area contributed by atoms with Crippen molar-refractivity contribution in [2.75, 3.05) is 5.32 Å². The lowest BCUT2D eigenvalue weighted by atomic mass is 10.0. The van der Waals surface area contributed by atoms with Gasteiger partial charge in [0.05, 0.1) is 11.2 Å². The average molecular weight is 350 g/mol. The van der Waals surface area contributed by atoms with Crippen molar-refractivity contribution in [3.8, 4) is 11.3 Å². The zero-order valence-corrected chi connectivity index (χ0v) is 14.9. The van der Waals surface area contributed by atoms with Gasteiger partial charge in [-0.25, -0.2) is 9.97 Å². The van der Waals surface area contributed by atoms with Crippen LogP contribution in [0.5, 0.6) is 0 Å². The highest BCUT2D eigenvalue weighted by Gasteiger charge is 2.11. The van der Waals surface area contributed by atoms with Gasteiger partial charge in [-0.2, -0.15) is 0 Å². The first-order valence-electron chi connectivity index (χ1n) is 8.94. The Labute approximate surface area is 156 Å². The Morgan fingerprint density at radius 2 is 1.70 bits per heavy atom. The number of rotatable bonds is 3. The van der Waals surface area contributed by atoms with Crippen LogP contribution in [0.4, 0.5) is 11.6 Å². The number of H-pyrrole nitrogens is 1. The molecule has 5 aromatic rings. The van der Waals surface area contributed by atoms with Gasteiger partial charge >= 0.3 is 0 Å². The minimum absolute atomic E-state index is 0.599. The highest BCUT2D eigenvalue weighted by atomic mass is 15.1. The Morgan fingerprint density at radius 1 is 0.852 bits per heavy atom. The fraction of sp³-hybridized carbons (Fsp3) is 0.0435. The second-order valence-corrected chi connectivity index (χ2v) is 6.68. The quantitative estimate of drug-likeness (QED) is 0.430. The topological polar surface area (TPSA) is 53.6 Å². The number of para-hydroxylation sites is 1. The maximum absolute atomic E-state index is 4.85. The summed E-state index contributed by atoms with van der Waals surface area (Å²) in [6.45, 7) is 2.07. The van der Waals surface area contributed by atoms with Crippen LogP contribution in [0.25, 0.3) is 33.1 Å². The van der Waals surface area contributed by atoms with E-state index in [0.717, 1.165) is 33.4 Å². The van der Waals surface area contributed by atoms with E-state index >= 15 is 0 Å². The smallest absolute Gasteiger partial charge is 0.228 e. The lowest BCUT2D eigenvalue weighted by Gasteiger charge is -2.11. The Hall–Kier alpha value is -3.66. The summed E-state index contributed by atoms with van der Waals surface area (Å²) in [6.07, 6.45) is 1.96. The summed E-state index contributed by atoms with van der Waals surface area (Å²) < 4.78 is 0. The van der Waals surface area contributed by atoms with Crippen molar-refractivity contribution in [3.63, 3.8) is 0 Å². The molecule has 2 aromatic heterocycles. The second-order valence-electron chi connectivity index (χ2n) is 6.68. The summed E-state index contributed by atoms with van der Waals surface area (Å²) >= 11 is 0. The standard InChI is InChI=1S/C23H18N4/c1-15-6-9-18(10-7-15)25-23-26-21-5-3-2-4-19(21)22(27-23)17-8-11-20-16(14-17)12-13-24-20/h2-14,24H,1H3,(H,25,26,27). The van der Waals surface area contributed by atoms with E-state index in [-0.39, 0.29) is 0 Å². The number of hydrogen-bond donors (Lipinski definition) is 2. The van der Waals surface area contributed by atoms with E-state index < -0.39 is 0 Å². The van der Waals surface area contributed by atoms with Crippen molar-refractivity contribution in [1.82, 2.24) is 15.0 Å². The van der Waals surface area contributed by atoms with E-state index in [4.69, 9.17) is 9.97 Å². The molecule has 2 N–H and O–H groups in total. The summed E-state index contributed by atoms with van der Waals surface area (Å²) in [4.78, 5) is 12.8. The number of aryl methyl sites for hydroxylation is 1. The SMILES string of the molecule is Cc1ccc(Nc2nc(-c3ccc4[nH]ccc4c3)c3ccccc3n2)cc1. The summed E-state index contributed by atoms with van der Waals surface area (Å²) in [6, 6.07) is 24.8. The van der Waals surface area contributed by atoms with Gasteiger partial charge in [-0.1, -0.05) is 42.0 Å². The van der Waals surface area contributed by atoms with Crippen molar-refractivity contribution >= 4 is 33.4 Å². The van der Waals surface area contributed by atoms with Gasteiger partial charge in [0, 0.05) is 33.7 Å². The second kappa shape index (κ2) is 6.25. The Bertz CT molecular complexity index is 1250. The first-order chi connectivity index (χ1) is 13.3. The molecule has 4 heteroatoms. The molecular formula is C23H18N4. The van der Waals surface area contributed by atoms with Crippen LogP contribution < -0.4 is 5.32 Å². The van der Waals surface area contributed by atoms with Crippen molar-refractivity contribution in [1.29, 1.82) is 0 Å². The molecule has 0 unspecified atom stereocenters. The van der Waals surface area contributed by atoms with E-state index in [2.05, 4.69) is 59.7 Å². The number of fused-ring (bicyclic) bond motifs is 2. The number of anilines is 2. The van der Waals surface area contributed by atoms with Gasteiger partial charge in [-0.15, -0.1) is 0 Å². The van der Waals surface area contributed by atoms with Gasteiger partial charge in [0.1, 0.15) is 0 Å². The van der Waals surface area contributed by atoms with Crippen molar-refractivity contribution in [2.24, 2.45) is 0 Å². The molecule has 0 aliphatic carbocycles. The summed E-state index contributed by atoms with van der Waals surface area (Å²) in [5, 5.41) is 5.55. The van der Waals surface area contributed by atoms with Crippen LogP contribution >= 0.6 is 0 Å². The molecule has 0 aliphatic heterocycles. The van der Waals surface area contributed by atoms with E-state index in [1.807, 2.05) is 36.5 Å². The fourth-order valence-electron chi connectivity index (χ4n) is 3.32. The van der Waals surface area contributed by atoms with Crippen LogP contribution in [0, 0.1) is 6.92 Å². The van der Waals surface area contributed by atoms with Crippen LogP contribution in [0.15, 0.2) is 79.0 Å². The molecule has 5 rings (SSSR count). The number of aromatic nitrogens is 3. The van der Waals surface area contributed by atoms with Gasteiger partial charge in [0.2, 0.25) is 5.95 Å². The molecule has 0 spiro atoms. The predicted molar refractivity (Wildman–Crippen MR) is 111 cm³/mol. The van der Waals surface area contributed by atoms with Gasteiger partial charge in [-0.3, -0.25) is 0 Å². The lowest BCUT2D eigenvalue weighted by molar-refractivity contribution is 1.21. The third-order valence-electron chi connectivity index (χ3n) is 4.74. The van der Waals surface area contributed by atoms with Gasteiger partial charge in [-0.05, 0) is 43.3 Å². The summed E-state index contributed by atoms with van der Waals surface area (Å²) in [5.41, 5.74) is 6.25. The monoisotopic (exact) mass is 350 g/mol. The summed E-state index contributed by atoms with van der Waals surface area (Å²) in [5.74, 6) is 0.599. The number of nitrogens with zero attached hydrogens (tertiary/aromatic N) is 2. The Morgan fingerprint density at radius 3 is 2.59 bits per heavy atom. The molecule has 0 radical (unpaired) electrons. The molecular weight excluding hydrogens is 332 g/mol. The third kappa shape index (κ3) is 2.91.